The van der Waals surface area contributed by atoms with Crippen molar-refractivity contribution in [3.8, 4) is 0 Å². The van der Waals surface area contributed by atoms with Gasteiger partial charge in [-0.05, 0) is 49.4 Å². The summed E-state index contributed by atoms with van der Waals surface area (Å²) in [5.41, 5.74) is 0. The zero-order chi connectivity index (χ0) is 17.7. The van der Waals surface area contributed by atoms with E-state index in [9.17, 15) is 0 Å². The van der Waals surface area contributed by atoms with Crippen molar-refractivity contribution >= 4 is 0 Å². The molecular weight excluding hydrogens is 304 g/mol. The molecule has 1 heteroatoms. The molecular formula is C24H46O. The minimum Gasteiger partial charge on any atom is -0.381 e. The molecule has 148 valence electrons. The van der Waals surface area contributed by atoms with Crippen molar-refractivity contribution < 1.29 is 4.74 Å². The summed E-state index contributed by atoms with van der Waals surface area (Å²) in [6, 6.07) is 0. The van der Waals surface area contributed by atoms with Crippen LogP contribution < -0.4 is 0 Å². The van der Waals surface area contributed by atoms with Crippen LogP contribution in [-0.4, -0.2) is 13.2 Å². The van der Waals surface area contributed by atoms with Gasteiger partial charge < -0.3 is 4.74 Å². The molecule has 0 unspecified atom stereocenters. The van der Waals surface area contributed by atoms with Crippen LogP contribution in [0.1, 0.15) is 117 Å². The number of hydrogen-bond acceptors (Lipinski definition) is 1. The van der Waals surface area contributed by atoms with Crippen molar-refractivity contribution in [3.63, 3.8) is 0 Å². The molecule has 0 saturated heterocycles. The number of hydrogen-bond donors (Lipinski definition) is 0. The molecule has 0 bridgehead atoms. The van der Waals surface area contributed by atoms with Gasteiger partial charge in [0, 0.05) is 13.2 Å². The molecule has 2 fully saturated rings. The molecule has 0 N–H and O–H groups in total. The molecule has 2 rings (SSSR count). The van der Waals surface area contributed by atoms with Gasteiger partial charge in [-0.15, -0.1) is 0 Å². The summed E-state index contributed by atoms with van der Waals surface area (Å²) in [4.78, 5) is 0. The van der Waals surface area contributed by atoms with Gasteiger partial charge in [0.05, 0.1) is 0 Å². The molecule has 0 amide bonds. The fourth-order valence-electron chi connectivity index (χ4n) is 5.14. The largest absolute Gasteiger partial charge is 0.381 e. The highest BCUT2D eigenvalue weighted by atomic mass is 16.5. The van der Waals surface area contributed by atoms with E-state index in [4.69, 9.17) is 4.74 Å². The Balaban J connectivity index is 1.46. The summed E-state index contributed by atoms with van der Waals surface area (Å²) >= 11 is 0. The molecule has 0 heterocycles. The Morgan fingerprint density at radius 2 is 0.880 bits per heavy atom. The van der Waals surface area contributed by atoms with Crippen LogP contribution in [0.3, 0.4) is 0 Å². The molecule has 25 heavy (non-hydrogen) atoms. The molecule has 0 aliphatic heterocycles. The highest BCUT2D eigenvalue weighted by Crippen LogP contribution is 2.34. The molecule has 0 aromatic carbocycles. The second-order valence-electron chi connectivity index (χ2n) is 9.30. The smallest absolute Gasteiger partial charge is 0.0494 e. The van der Waals surface area contributed by atoms with Crippen molar-refractivity contribution in [2.45, 2.75) is 117 Å². The number of ether oxygens (including phenoxy) is 1. The van der Waals surface area contributed by atoms with Gasteiger partial charge >= 0.3 is 0 Å². The standard InChI is InChI=1S/C24H46O/c1-3-5-7-9-21-11-15-23(16-12-21)19-25-20-24-17-13-22(14-18-24)10-8-6-4-2/h21-24H,3-20H2,1-2H3. The molecule has 0 aromatic rings. The topological polar surface area (TPSA) is 9.23 Å². The molecule has 1 nitrogen and oxygen atoms in total. The first kappa shape index (κ1) is 21.3. The molecule has 0 aromatic heterocycles. The summed E-state index contributed by atoms with van der Waals surface area (Å²) in [5, 5.41) is 0. The molecule has 2 aliphatic carbocycles. The Morgan fingerprint density at radius 3 is 1.24 bits per heavy atom. The van der Waals surface area contributed by atoms with E-state index in [0.717, 1.165) is 36.9 Å². The first-order valence-electron chi connectivity index (χ1n) is 11.9. The Morgan fingerprint density at radius 1 is 0.520 bits per heavy atom. The number of unbranched alkanes of at least 4 members (excludes halogenated alkanes) is 4. The maximum atomic E-state index is 6.18. The third-order valence-corrected chi connectivity index (χ3v) is 7.07. The second-order valence-corrected chi connectivity index (χ2v) is 9.30. The molecule has 0 atom stereocenters. The van der Waals surface area contributed by atoms with Crippen LogP contribution in [0.2, 0.25) is 0 Å². The van der Waals surface area contributed by atoms with Crippen molar-refractivity contribution in [3.05, 3.63) is 0 Å². The van der Waals surface area contributed by atoms with Gasteiger partial charge in [0.1, 0.15) is 0 Å². The minimum atomic E-state index is 0.868. The summed E-state index contributed by atoms with van der Waals surface area (Å²) in [6.45, 7) is 6.73. The molecule has 0 radical (unpaired) electrons. The van der Waals surface area contributed by atoms with Crippen LogP contribution >= 0.6 is 0 Å². The lowest BCUT2D eigenvalue weighted by atomic mass is 9.79. The third-order valence-electron chi connectivity index (χ3n) is 7.07. The van der Waals surface area contributed by atoms with Gasteiger partial charge in [0.15, 0.2) is 0 Å². The Hall–Kier alpha value is -0.0400. The van der Waals surface area contributed by atoms with Crippen molar-refractivity contribution in [1.29, 1.82) is 0 Å². The minimum absolute atomic E-state index is 0.868. The summed E-state index contributed by atoms with van der Waals surface area (Å²) in [7, 11) is 0. The first-order valence-corrected chi connectivity index (χ1v) is 11.9. The maximum absolute atomic E-state index is 6.18. The van der Waals surface area contributed by atoms with Crippen LogP contribution in [0.25, 0.3) is 0 Å². The van der Waals surface area contributed by atoms with Gasteiger partial charge in [-0.2, -0.15) is 0 Å². The van der Waals surface area contributed by atoms with Gasteiger partial charge in [-0.3, -0.25) is 0 Å². The van der Waals surface area contributed by atoms with Crippen molar-refractivity contribution in [2.24, 2.45) is 23.7 Å². The normalized spacial score (nSPS) is 30.5. The van der Waals surface area contributed by atoms with E-state index in [1.807, 2.05) is 0 Å². The van der Waals surface area contributed by atoms with Crippen molar-refractivity contribution in [1.82, 2.24) is 0 Å². The quantitative estimate of drug-likeness (QED) is 0.326. The number of rotatable bonds is 12. The van der Waals surface area contributed by atoms with E-state index < -0.39 is 0 Å². The average Bonchev–Trinajstić information content (AvgIpc) is 2.65. The van der Waals surface area contributed by atoms with E-state index in [0.29, 0.717) is 0 Å². The fraction of sp³-hybridized carbons (Fsp3) is 1.00. The summed E-state index contributed by atoms with van der Waals surface area (Å²) in [6.07, 6.45) is 23.1. The first-order chi connectivity index (χ1) is 12.3. The van der Waals surface area contributed by atoms with Gasteiger partial charge in [-0.1, -0.05) is 90.9 Å². The molecule has 2 saturated carbocycles. The van der Waals surface area contributed by atoms with E-state index >= 15 is 0 Å². The Labute approximate surface area is 158 Å². The van der Waals surface area contributed by atoms with E-state index in [-0.39, 0.29) is 0 Å². The fourth-order valence-corrected chi connectivity index (χ4v) is 5.14. The van der Waals surface area contributed by atoms with Gasteiger partial charge in [0.25, 0.3) is 0 Å². The van der Waals surface area contributed by atoms with Crippen LogP contribution in [0.15, 0.2) is 0 Å². The van der Waals surface area contributed by atoms with Gasteiger partial charge in [-0.25, -0.2) is 0 Å². The van der Waals surface area contributed by atoms with E-state index in [1.54, 1.807) is 0 Å². The lowest BCUT2D eigenvalue weighted by Gasteiger charge is -2.31. The zero-order valence-electron chi connectivity index (χ0n) is 17.4. The van der Waals surface area contributed by atoms with Gasteiger partial charge in [0.2, 0.25) is 0 Å². The van der Waals surface area contributed by atoms with Crippen molar-refractivity contribution in [2.75, 3.05) is 13.2 Å². The van der Waals surface area contributed by atoms with E-state index in [2.05, 4.69) is 13.8 Å². The lowest BCUT2D eigenvalue weighted by Crippen LogP contribution is -2.23. The van der Waals surface area contributed by atoms with Crippen LogP contribution in [0, 0.1) is 23.7 Å². The third kappa shape index (κ3) is 8.94. The molecule has 0 spiro atoms. The highest BCUT2D eigenvalue weighted by Gasteiger charge is 2.23. The average molecular weight is 351 g/mol. The van der Waals surface area contributed by atoms with Crippen LogP contribution in [-0.2, 0) is 4.74 Å². The summed E-state index contributed by atoms with van der Waals surface area (Å²) in [5.74, 6) is 3.80. The lowest BCUT2D eigenvalue weighted by molar-refractivity contribution is 0.0406. The predicted molar refractivity (Wildman–Crippen MR) is 110 cm³/mol. The SMILES string of the molecule is CCCCCC1CCC(COCC2CCC(CCCCC)CC2)CC1. The van der Waals surface area contributed by atoms with Crippen LogP contribution in [0.4, 0.5) is 0 Å². The maximum Gasteiger partial charge on any atom is 0.0494 e. The summed E-state index contributed by atoms with van der Waals surface area (Å²) < 4.78 is 6.18. The zero-order valence-corrected chi connectivity index (χ0v) is 17.4. The monoisotopic (exact) mass is 350 g/mol. The van der Waals surface area contributed by atoms with Crippen LogP contribution in [0.5, 0.6) is 0 Å². The highest BCUT2D eigenvalue weighted by molar-refractivity contribution is 4.74. The Bertz CT molecular complexity index is 267. The predicted octanol–water partition coefficient (Wildman–Crippen LogP) is 7.78. The molecule has 2 aliphatic rings. The Kier molecular flexibility index (Phi) is 11.2. The van der Waals surface area contributed by atoms with E-state index in [1.165, 1.54) is 103 Å². The second kappa shape index (κ2) is 13.2.